The molecule has 1 amide bonds. The van der Waals surface area contributed by atoms with E-state index in [4.69, 9.17) is 4.74 Å². The molecular formula is C21H29IN4O2. The first-order valence-corrected chi connectivity index (χ1v) is 9.17. The van der Waals surface area contributed by atoms with Crippen LogP contribution in [0.15, 0.2) is 59.6 Å². The highest BCUT2D eigenvalue weighted by Crippen LogP contribution is 2.11. The second kappa shape index (κ2) is 13.8. The van der Waals surface area contributed by atoms with E-state index in [0.29, 0.717) is 19.0 Å². The van der Waals surface area contributed by atoms with Crippen molar-refractivity contribution >= 4 is 35.8 Å². The van der Waals surface area contributed by atoms with E-state index in [9.17, 15) is 4.79 Å². The highest BCUT2D eigenvalue weighted by Gasteiger charge is 2.03. The van der Waals surface area contributed by atoms with Gasteiger partial charge in [0.25, 0.3) is 0 Å². The predicted octanol–water partition coefficient (Wildman–Crippen LogP) is 2.73. The molecule has 7 heteroatoms. The zero-order valence-electron chi connectivity index (χ0n) is 16.4. The van der Waals surface area contributed by atoms with E-state index in [1.54, 1.807) is 7.11 Å². The van der Waals surface area contributed by atoms with Crippen LogP contribution >= 0.6 is 24.0 Å². The molecule has 28 heavy (non-hydrogen) atoms. The number of amides is 1. The van der Waals surface area contributed by atoms with E-state index >= 15 is 0 Å². The summed E-state index contributed by atoms with van der Waals surface area (Å²) in [5.41, 5.74) is 2.28. The average molecular weight is 496 g/mol. The summed E-state index contributed by atoms with van der Waals surface area (Å²) in [4.78, 5) is 16.5. The normalized spacial score (nSPS) is 10.6. The fourth-order valence-corrected chi connectivity index (χ4v) is 2.46. The van der Waals surface area contributed by atoms with Gasteiger partial charge >= 0.3 is 0 Å². The van der Waals surface area contributed by atoms with Crippen LogP contribution in [0.2, 0.25) is 0 Å². The van der Waals surface area contributed by atoms with Crippen molar-refractivity contribution in [3.8, 4) is 5.75 Å². The smallest absolute Gasteiger partial charge is 0.239 e. The van der Waals surface area contributed by atoms with Gasteiger partial charge in [-0.3, -0.25) is 4.79 Å². The molecule has 0 bridgehead atoms. The second-order valence-corrected chi connectivity index (χ2v) is 5.98. The molecule has 0 aliphatic heterocycles. The van der Waals surface area contributed by atoms with Crippen molar-refractivity contribution in [2.75, 3.05) is 26.7 Å². The van der Waals surface area contributed by atoms with Gasteiger partial charge in [0.15, 0.2) is 5.96 Å². The van der Waals surface area contributed by atoms with Gasteiger partial charge in [0.2, 0.25) is 5.91 Å². The Bertz CT molecular complexity index is 721. The van der Waals surface area contributed by atoms with Gasteiger partial charge in [0, 0.05) is 13.1 Å². The summed E-state index contributed by atoms with van der Waals surface area (Å²) in [5.74, 6) is 1.38. The summed E-state index contributed by atoms with van der Waals surface area (Å²) in [7, 11) is 1.64. The van der Waals surface area contributed by atoms with Gasteiger partial charge in [0.1, 0.15) is 5.75 Å². The zero-order valence-corrected chi connectivity index (χ0v) is 18.7. The summed E-state index contributed by atoms with van der Waals surface area (Å²) in [6.45, 7) is 4.04. The molecule has 0 aliphatic rings. The highest BCUT2D eigenvalue weighted by atomic mass is 127. The Hall–Kier alpha value is -2.29. The first-order valence-electron chi connectivity index (χ1n) is 9.17. The van der Waals surface area contributed by atoms with Gasteiger partial charge in [-0.2, -0.15) is 0 Å². The van der Waals surface area contributed by atoms with Crippen LogP contribution < -0.4 is 20.7 Å². The minimum absolute atomic E-state index is 0. The molecule has 0 aromatic heterocycles. The van der Waals surface area contributed by atoms with Crippen LogP contribution in [0.1, 0.15) is 18.1 Å². The van der Waals surface area contributed by atoms with Gasteiger partial charge in [0.05, 0.1) is 20.2 Å². The number of carbonyl (C=O) groups excluding carboxylic acids is 1. The third-order valence-corrected chi connectivity index (χ3v) is 3.92. The van der Waals surface area contributed by atoms with Crippen molar-refractivity contribution in [1.29, 1.82) is 0 Å². The third-order valence-electron chi connectivity index (χ3n) is 3.92. The Morgan fingerprint density at radius 3 is 2.32 bits per heavy atom. The molecule has 0 radical (unpaired) electrons. The van der Waals surface area contributed by atoms with E-state index in [1.165, 1.54) is 5.56 Å². The number of nitrogens with zero attached hydrogens (tertiary/aromatic N) is 1. The number of guanidine groups is 1. The fourth-order valence-electron chi connectivity index (χ4n) is 2.46. The lowest BCUT2D eigenvalue weighted by molar-refractivity contribution is -0.119. The van der Waals surface area contributed by atoms with E-state index in [2.05, 4.69) is 33.1 Å². The Morgan fingerprint density at radius 1 is 0.964 bits per heavy atom. The standard InChI is InChI=1S/C21H28N4O2.HI/c1-3-22-21(24-15-18-9-11-19(27-2)12-10-18)25-16-20(26)23-14-13-17-7-5-4-6-8-17;/h4-12H,3,13-16H2,1-2H3,(H,23,26)(H2,22,24,25);1H. The number of aliphatic imine (C=N–C) groups is 1. The summed E-state index contributed by atoms with van der Waals surface area (Å²) in [5, 5.41) is 9.13. The lowest BCUT2D eigenvalue weighted by Crippen LogP contribution is -2.43. The van der Waals surface area contributed by atoms with E-state index in [-0.39, 0.29) is 36.4 Å². The van der Waals surface area contributed by atoms with Crippen LogP contribution in [0.5, 0.6) is 5.75 Å². The fraction of sp³-hybridized carbons (Fsp3) is 0.333. The molecular weight excluding hydrogens is 467 g/mol. The molecule has 0 saturated heterocycles. The number of methoxy groups -OCH3 is 1. The summed E-state index contributed by atoms with van der Waals surface area (Å²) >= 11 is 0. The predicted molar refractivity (Wildman–Crippen MR) is 124 cm³/mol. The van der Waals surface area contributed by atoms with Gasteiger partial charge < -0.3 is 20.7 Å². The summed E-state index contributed by atoms with van der Waals surface area (Å²) in [6, 6.07) is 17.9. The molecule has 0 fully saturated rings. The lowest BCUT2D eigenvalue weighted by Gasteiger charge is -2.11. The van der Waals surface area contributed by atoms with Gasteiger partial charge in [-0.05, 0) is 36.6 Å². The Balaban J connectivity index is 0.00000392. The molecule has 2 rings (SSSR count). The van der Waals surface area contributed by atoms with Crippen LogP contribution in [0.25, 0.3) is 0 Å². The average Bonchev–Trinajstić information content (AvgIpc) is 2.71. The lowest BCUT2D eigenvalue weighted by atomic mass is 10.1. The number of benzene rings is 2. The quantitative estimate of drug-likeness (QED) is 0.284. The minimum Gasteiger partial charge on any atom is -0.497 e. The van der Waals surface area contributed by atoms with E-state index in [0.717, 1.165) is 24.3 Å². The van der Waals surface area contributed by atoms with Crippen molar-refractivity contribution in [2.45, 2.75) is 19.9 Å². The van der Waals surface area contributed by atoms with Crippen molar-refractivity contribution in [3.05, 3.63) is 65.7 Å². The number of hydrogen-bond acceptors (Lipinski definition) is 3. The maximum Gasteiger partial charge on any atom is 0.239 e. The number of ether oxygens (including phenoxy) is 1. The Morgan fingerprint density at radius 2 is 1.68 bits per heavy atom. The van der Waals surface area contributed by atoms with Crippen molar-refractivity contribution < 1.29 is 9.53 Å². The maximum atomic E-state index is 12.0. The molecule has 0 heterocycles. The topological polar surface area (TPSA) is 74.8 Å². The molecule has 2 aromatic rings. The SMILES string of the molecule is CCNC(=NCc1ccc(OC)cc1)NCC(=O)NCCc1ccccc1.I. The number of halogens is 1. The molecule has 0 unspecified atom stereocenters. The summed E-state index contributed by atoms with van der Waals surface area (Å²) in [6.07, 6.45) is 0.818. The van der Waals surface area contributed by atoms with Crippen LogP contribution in [0, 0.1) is 0 Å². The molecule has 0 atom stereocenters. The second-order valence-electron chi connectivity index (χ2n) is 5.98. The van der Waals surface area contributed by atoms with Crippen LogP contribution in [-0.4, -0.2) is 38.6 Å². The number of hydrogen-bond donors (Lipinski definition) is 3. The van der Waals surface area contributed by atoms with Crippen LogP contribution in [0.3, 0.4) is 0 Å². The van der Waals surface area contributed by atoms with Crippen molar-refractivity contribution in [3.63, 3.8) is 0 Å². The zero-order chi connectivity index (χ0) is 19.3. The maximum absolute atomic E-state index is 12.0. The van der Waals surface area contributed by atoms with Gasteiger partial charge in [-0.25, -0.2) is 4.99 Å². The first-order chi connectivity index (χ1) is 13.2. The highest BCUT2D eigenvalue weighted by molar-refractivity contribution is 14.0. The number of nitrogens with one attached hydrogen (secondary N) is 3. The number of rotatable bonds is 9. The third kappa shape index (κ3) is 9.07. The molecule has 152 valence electrons. The van der Waals surface area contributed by atoms with E-state index < -0.39 is 0 Å². The monoisotopic (exact) mass is 496 g/mol. The van der Waals surface area contributed by atoms with Gasteiger partial charge in [-0.15, -0.1) is 24.0 Å². The molecule has 6 nitrogen and oxygen atoms in total. The first kappa shape index (κ1) is 23.7. The molecule has 2 aromatic carbocycles. The molecule has 0 spiro atoms. The van der Waals surface area contributed by atoms with Crippen molar-refractivity contribution in [1.82, 2.24) is 16.0 Å². The molecule has 3 N–H and O–H groups in total. The largest absolute Gasteiger partial charge is 0.497 e. The minimum atomic E-state index is -0.0546. The molecule has 0 aliphatic carbocycles. The number of carbonyl (C=O) groups is 1. The van der Waals surface area contributed by atoms with E-state index in [1.807, 2.05) is 49.4 Å². The summed E-state index contributed by atoms with van der Waals surface area (Å²) < 4.78 is 5.15. The Kier molecular flexibility index (Phi) is 11.7. The van der Waals surface area contributed by atoms with Gasteiger partial charge in [-0.1, -0.05) is 42.5 Å². The van der Waals surface area contributed by atoms with Crippen LogP contribution in [0.4, 0.5) is 0 Å². The van der Waals surface area contributed by atoms with Crippen molar-refractivity contribution in [2.24, 2.45) is 4.99 Å². The van der Waals surface area contributed by atoms with Crippen LogP contribution in [-0.2, 0) is 17.8 Å². The Labute approximate surface area is 184 Å². The molecule has 0 saturated carbocycles.